The Balaban J connectivity index is 3.25. The van der Waals surface area contributed by atoms with Crippen LogP contribution in [0.1, 0.15) is 16.2 Å². The molecule has 0 aromatic carbocycles. The lowest BCUT2D eigenvalue weighted by atomic mass is 10.3. The van der Waals surface area contributed by atoms with Crippen molar-refractivity contribution in [2.45, 2.75) is 6.92 Å². The van der Waals surface area contributed by atoms with Crippen molar-refractivity contribution in [1.82, 2.24) is 9.97 Å². The van der Waals surface area contributed by atoms with Crippen LogP contribution in [-0.2, 0) is 4.74 Å². The summed E-state index contributed by atoms with van der Waals surface area (Å²) in [7, 11) is 4.15. The lowest BCUT2D eigenvalue weighted by molar-refractivity contribution is 0.0591. The summed E-state index contributed by atoms with van der Waals surface area (Å²) in [5.74, 6) is -0.160. The van der Waals surface area contributed by atoms with Gasteiger partial charge in [0.25, 0.3) is 11.8 Å². The Labute approximate surface area is 87.2 Å². The number of carbonyl (C=O) groups is 1. The third-order valence-corrected chi connectivity index (χ3v) is 1.77. The summed E-state index contributed by atoms with van der Waals surface area (Å²) >= 11 is 0. The van der Waals surface area contributed by atoms with Crippen LogP contribution >= 0.6 is 0 Å². The zero-order valence-corrected chi connectivity index (χ0v) is 9.03. The van der Waals surface area contributed by atoms with Gasteiger partial charge in [0.2, 0.25) is 0 Å². The van der Waals surface area contributed by atoms with Crippen molar-refractivity contribution in [3.8, 4) is 11.8 Å². The van der Waals surface area contributed by atoms with Gasteiger partial charge < -0.3 is 14.2 Å². The van der Waals surface area contributed by atoms with Crippen LogP contribution in [0.15, 0.2) is 0 Å². The number of hydrogen-bond acceptors (Lipinski definition) is 6. The van der Waals surface area contributed by atoms with Crippen molar-refractivity contribution in [3.63, 3.8) is 0 Å². The third kappa shape index (κ3) is 2.15. The Kier molecular flexibility index (Phi) is 3.43. The number of nitrogens with zero attached hydrogens (tertiary/aromatic N) is 2. The van der Waals surface area contributed by atoms with Gasteiger partial charge in [-0.3, -0.25) is 0 Å². The van der Waals surface area contributed by atoms with Gasteiger partial charge in [0, 0.05) is 0 Å². The number of carbonyl (C=O) groups excluding carboxylic acids is 1. The van der Waals surface area contributed by atoms with Gasteiger partial charge in [-0.2, -0.15) is 4.98 Å². The van der Waals surface area contributed by atoms with Crippen LogP contribution in [0.25, 0.3) is 0 Å². The zero-order valence-electron chi connectivity index (χ0n) is 9.03. The molecule has 0 N–H and O–H groups in total. The molecule has 0 aliphatic carbocycles. The fourth-order valence-corrected chi connectivity index (χ4v) is 1.04. The molecule has 0 atom stereocenters. The molecule has 0 bridgehead atoms. The summed E-state index contributed by atoms with van der Waals surface area (Å²) < 4.78 is 14.4. The molecule has 0 unspecified atom stereocenters. The smallest absolute Gasteiger partial charge is 0.358 e. The molecule has 6 heteroatoms. The molecule has 1 aromatic heterocycles. The van der Waals surface area contributed by atoms with Crippen LogP contribution < -0.4 is 9.47 Å². The molecule has 0 aliphatic heterocycles. The van der Waals surface area contributed by atoms with Crippen molar-refractivity contribution in [3.05, 3.63) is 11.4 Å². The van der Waals surface area contributed by atoms with Gasteiger partial charge in [-0.15, -0.1) is 0 Å². The summed E-state index contributed by atoms with van der Waals surface area (Å²) in [5, 5.41) is 0. The van der Waals surface area contributed by atoms with Crippen LogP contribution in [0, 0.1) is 6.92 Å². The first-order valence-electron chi connectivity index (χ1n) is 4.19. The summed E-state index contributed by atoms with van der Waals surface area (Å²) in [4.78, 5) is 19.2. The van der Waals surface area contributed by atoms with E-state index in [-0.39, 0.29) is 17.5 Å². The average Bonchev–Trinajstić information content (AvgIpc) is 2.27. The van der Waals surface area contributed by atoms with Crippen LogP contribution in [-0.4, -0.2) is 37.3 Å². The quantitative estimate of drug-likeness (QED) is 0.683. The molecule has 1 rings (SSSR count). The molecule has 0 saturated heterocycles. The first kappa shape index (κ1) is 11.2. The summed E-state index contributed by atoms with van der Waals surface area (Å²) in [6, 6.07) is 0. The minimum absolute atomic E-state index is 0.121. The van der Waals surface area contributed by atoms with E-state index in [2.05, 4.69) is 14.7 Å². The number of aromatic nitrogens is 2. The maximum atomic E-state index is 11.3. The number of rotatable bonds is 3. The molecular weight excluding hydrogens is 200 g/mol. The highest BCUT2D eigenvalue weighted by Gasteiger charge is 2.18. The molecule has 1 heterocycles. The predicted octanol–water partition coefficient (Wildman–Crippen LogP) is 0.589. The van der Waals surface area contributed by atoms with Gasteiger partial charge in [-0.1, -0.05) is 0 Å². The van der Waals surface area contributed by atoms with E-state index in [9.17, 15) is 4.79 Å². The van der Waals surface area contributed by atoms with Crippen molar-refractivity contribution in [2.75, 3.05) is 21.3 Å². The normalized spacial score (nSPS) is 9.60. The number of hydrogen-bond donors (Lipinski definition) is 0. The average molecular weight is 212 g/mol. The monoisotopic (exact) mass is 212 g/mol. The predicted molar refractivity (Wildman–Crippen MR) is 51.2 cm³/mol. The second-order valence-electron chi connectivity index (χ2n) is 2.67. The second-order valence-corrected chi connectivity index (χ2v) is 2.67. The highest BCUT2D eigenvalue weighted by molar-refractivity contribution is 5.88. The van der Waals surface area contributed by atoms with E-state index in [0.717, 1.165) is 0 Å². The van der Waals surface area contributed by atoms with E-state index < -0.39 is 5.97 Å². The second kappa shape index (κ2) is 4.59. The molecular formula is C9H12N2O4. The van der Waals surface area contributed by atoms with E-state index in [1.165, 1.54) is 21.3 Å². The highest BCUT2D eigenvalue weighted by atomic mass is 16.5. The van der Waals surface area contributed by atoms with Gasteiger partial charge in [0.15, 0.2) is 5.69 Å². The molecule has 0 amide bonds. The van der Waals surface area contributed by atoms with Gasteiger partial charge >= 0.3 is 5.97 Å². The highest BCUT2D eigenvalue weighted by Crippen LogP contribution is 2.22. The Bertz CT molecular complexity index is 379. The molecule has 0 fully saturated rings. The van der Waals surface area contributed by atoms with E-state index in [1.807, 2.05) is 0 Å². The number of esters is 1. The molecule has 0 saturated carbocycles. The largest absolute Gasteiger partial charge is 0.477 e. The van der Waals surface area contributed by atoms with Gasteiger partial charge in [0.1, 0.15) is 0 Å². The van der Waals surface area contributed by atoms with Crippen molar-refractivity contribution >= 4 is 5.97 Å². The molecule has 6 nitrogen and oxygen atoms in total. The first-order valence-corrected chi connectivity index (χ1v) is 4.19. The minimum atomic E-state index is -0.555. The summed E-state index contributed by atoms with van der Waals surface area (Å²) in [5.41, 5.74) is 0.551. The maximum absolute atomic E-state index is 11.3. The lowest BCUT2D eigenvalue weighted by Gasteiger charge is -2.08. The fourth-order valence-electron chi connectivity index (χ4n) is 1.04. The Morgan fingerprint density at radius 3 is 2.07 bits per heavy atom. The Hall–Kier alpha value is -1.85. The lowest BCUT2D eigenvalue weighted by Crippen LogP contribution is -2.10. The first-order chi connectivity index (χ1) is 7.13. The zero-order chi connectivity index (χ0) is 11.4. The molecule has 0 radical (unpaired) electrons. The SMILES string of the molecule is COC(=O)c1nc(OC)c(OC)nc1C. The van der Waals surface area contributed by atoms with Gasteiger partial charge in [-0.05, 0) is 6.92 Å². The van der Waals surface area contributed by atoms with Crippen molar-refractivity contribution in [1.29, 1.82) is 0 Å². The van der Waals surface area contributed by atoms with Crippen LogP contribution in [0.3, 0.4) is 0 Å². The standard InChI is InChI=1S/C9H12N2O4/c1-5-6(9(12)15-4)11-8(14-3)7(10-5)13-2/h1-4H3. The Morgan fingerprint density at radius 1 is 1.07 bits per heavy atom. The number of methoxy groups -OCH3 is 3. The fraction of sp³-hybridized carbons (Fsp3) is 0.444. The number of ether oxygens (including phenoxy) is 3. The van der Waals surface area contributed by atoms with Crippen LogP contribution in [0.2, 0.25) is 0 Å². The topological polar surface area (TPSA) is 70.5 Å². The van der Waals surface area contributed by atoms with Gasteiger partial charge in [-0.25, -0.2) is 9.78 Å². The van der Waals surface area contributed by atoms with Crippen LogP contribution in [0.5, 0.6) is 11.8 Å². The van der Waals surface area contributed by atoms with Crippen molar-refractivity contribution in [2.24, 2.45) is 0 Å². The molecule has 0 aliphatic rings. The van der Waals surface area contributed by atoms with E-state index in [4.69, 9.17) is 9.47 Å². The molecule has 15 heavy (non-hydrogen) atoms. The molecule has 82 valence electrons. The third-order valence-electron chi connectivity index (χ3n) is 1.77. The molecule has 0 spiro atoms. The molecule has 1 aromatic rings. The Morgan fingerprint density at radius 2 is 1.60 bits per heavy atom. The van der Waals surface area contributed by atoms with E-state index in [0.29, 0.717) is 5.69 Å². The van der Waals surface area contributed by atoms with Crippen molar-refractivity contribution < 1.29 is 19.0 Å². The van der Waals surface area contributed by atoms with Crippen LogP contribution in [0.4, 0.5) is 0 Å². The van der Waals surface area contributed by atoms with E-state index in [1.54, 1.807) is 6.92 Å². The van der Waals surface area contributed by atoms with E-state index >= 15 is 0 Å². The number of aryl methyl sites for hydroxylation is 1. The maximum Gasteiger partial charge on any atom is 0.358 e. The summed E-state index contributed by atoms with van der Waals surface area (Å²) in [6.45, 7) is 1.64. The summed E-state index contributed by atoms with van der Waals surface area (Å²) in [6.07, 6.45) is 0. The minimum Gasteiger partial charge on any atom is -0.477 e. The van der Waals surface area contributed by atoms with Gasteiger partial charge in [0.05, 0.1) is 27.0 Å².